The second-order valence-electron chi connectivity index (χ2n) is 3.94. The van der Waals surface area contributed by atoms with Crippen LogP contribution in [0, 0.1) is 6.92 Å². The number of aromatic nitrogens is 2. The topological polar surface area (TPSA) is 52.1 Å². The predicted octanol–water partition coefficient (Wildman–Crippen LogP) is 2.22. The molecule has 4 nitrogen and oxygen atoms in total. The average Bonchev–Trinajstić information content (AvgIpc) is 2.41. The molecule has 0 aliphatic rings. The van der Waals surface area contributed by atoms with Crippen LogP contribution in [-0.2, 0) is 6.42 Å². The first-order chi connectivity index (χ1) is 8.72. The van der Waals surface area contributed by atoms with Crippen LogP contribution in [0.4, 0.5) is 0 Å². The Labute approximate surface area is 106 Å². The zero-order valence-electron chi connectivity index (χ0n) is 10.4. The van der Waals surface area contributed by atoms with Crippen molar-refractivity contribution in [3.05, 3.63) is 53.5 Å². The van der Waals surface area contributed by atoms with Crippen LogP contribution in [0.5, 0.6) is 5.88 Å². The Hall–Kier alpha value is -2.23. The second-order valence-corrected chi connectivity index (χ2v) is 3.94. The van der Waals surface area contributed by atoms with E-state index in [4.69, 9.17) is 4.74 Å². The molecule has 0 aliphatic carbocycles. The average molecular weight is 242 g/mol. The zero-order valence-corrected chi connectivity index (χ0v) is 10.4. The van der Waals surface area contributed by atoms with E-state index in [1.165, 1.54) is 19.5 Å². The summed E-state index contributed by atoms with van der Waals surface area (Å²) in [5.74, 6) is 0.185. The summed E-state index contributed by atoms with van der Waals surface area (Å²) in [5.41, 5.74) is 2.37. The molecular weight excluding hydrogens is 228 g/mol. The molecule has 1 aromatic heterocycles. The molecule has 0 bridgehead atoms. The number of hydrogen-bond acceptors (Lipinski definition) is 4. The van der Waals surface area contributed by atoms with Crippen LogP contribution in [0.25, 0.3) is 0 Å². The number of hydrogen-bond donors (Lipinski definition) is 0. The lowest BCUT2D eigenvalue weighted by Gasteiger charge is -2.06. The van der Waals surface area contributed by atoms with Gasteiger partial charge in [-0.15, -0.1) is 0 Å². The fourth-order valence-corrected chi connectivity index (χ4v) is 1.73. The SMILES string of the molecule is COc1nccnc1C(=O)Cc1ccccc1C. The molecule has 2 aromatic rings. The number of Topliss-reactive ketones (excluding diaryl/α,β-unsaturated/α-hetero) is 1. The minimum Gasteiger partial charge on any atom is -0.479 e. The number of ketones is 1. The van der Waals surface area contributed by atoms with Crippen molar-refractivity contribution in [2.24, 2.45) is 0 Å². The standard InChI is InChI=1S/C14H14N2O2/c1-10-5-3-4-6-11(10)9-12(17)13-14(18-2)16-8-7-15-13/h3-8H,9H2,1-2H3. The highest BCUT2D eigenvalue weighted by Crippen LogP contribution is 2.15. The van der Waals surface area contributed by atoms with Crippen LogP contribution >= 0.6 is 0 Å². The van der Waals surface area contributed by atoms with Gasteiger partial charge in [0.2, 0.25) is 5.88 Å². The Morgan fingerprint density at radius 3 is 2.67 bits per heavy atom. The monoisotopic (exact) mass is 242 g/mol. The Bertz CT molecular complexity index is 567. The van der Waals surface area contributed by atoms with E-state index in [2.05, 4.69) is 9.97 Å². The third-order valence-electron chi connectivity index (χ3n) is 2.73. The number of ether oxygens (including phenoxy) is 1. The van der Waals surface area contributed by atoms with E-state index in [0.29, 0.717) is 6.42 Å². The van der Waals surface area contributed by atoms with Crippen LogP contribution in [-0.4, -0.2) is 22.9 Å². The van der Waals surface area contributed by atoms with Gasteiger partial charge in [0.15, 0.2) is 11.5 Å². The molecule has 4 heteroatoms. The third-order valence-corrected chi connectivity index (χ3v) is 2.73. The van der Waals surface area contributed by atoms with Crippen molar-refractivity contribution in [1.82, 2.24) is 9.97 Å². The first kappa shape index (κ1) is 12.2. The largest absolute Gasteiger partial charge is 0.479 e. The molecule has 2 rings (SSSR count). The normalized spacial score (nSPS) is 10.1. The van der Waals surface area contributed by atoms with Crippen molar-refractivity contribution in [2.45, 2.75) is 13.3 Å². The number of rotatable bonds is 4. The number of aryl methyl sites for hydroxylation is 1. The summed E-state index contributed by atoms with van der Waals surface area (Å²) in [6.45, 7) is 1.98. The van der Waals surface area contributed by atoms with Crippen LogP contribution < -0.4 is 4.74 Å². The first-order valence-corrected chi connectivity index (χ1v) is 5.65. The predicted molar refractivity (Wildman–Crippen MR) is 67.8 cm³/mol. The Balaban J connectivity index is 2.25. The molecule has 1 aromatic carbocycles. The highest BCUT2D eigenvalue weighted by molar-refractivity contribution is 5.97. The summed E-state index contributed by atoms with van der Waals surface area (Å²) < 4.78 is 5.04. The van der Waals surface area contributed by atoms with Gasteiger partial charge in [-0.2, -0.15) is 0 Å². The van der Waals surface area contributed by atoms with E-state index in [-0.39, 0.29) is 17.4 Å². The van der Waals surface area contributed by atoms with Gasteiger partial charge in [0.25, 0.3) is 0 Å². The molecule has 1 heterocycles. The Morgan fingerprint density at radius 2 is 1.94 bits per heavy atom. The summed E-state index contributed by atoms with van der Waals surface area (Å²) in [6, 6.07) is 7.79. The molecule has 0 spiro atoms. The van der Waals surface area contributed by atoms with Gasteiger partial charge < -0.3 is 4.74 Å². The van der Waals surface area contributed by atoms with Gasteiger partial charge in [-0.25, -0.2) is 9.97 Å². The van der Waals surface area contributed by atoms with Gasteiger partial charge in [0.1, 0.15) is 0 Å². The molecule has 0 amide bonds. The van der Waals surface area contributed by atoms with E-state index in [0.717, 1.165) is 11.1 Å². The molecule has 0 N–H and O–H groups in total. The molecule has 0 saturated carbocycles. The summed E-state index contributed by atoms with van der Waals surface area (Å²) in [7, 11) is 1.48. The summed E-state index contributed by atoms with van der Waals surface area (Å²) in [4.78, 5) is 20.2. The van der Waals surface area contributed by atoms with Crippen molar-refractivity contribution in [3.8, 4) is 5.88 Å². The quantitative estimate of drug-likeness (QED) is 0.771. The molecule has 0 atom stereocenters. The zero-order chi connectivity index (χ0) is 13.0. The van der Waals surface area contributed by atoms with Gasteiger partial charge in [0.05, 0.1) is 7.11 Å². The molecule has 0 fully saturated rings. The number of methoxy groups -OCH3 is 1. The molecular formula is C14H14N2O2. The molecule has 0 aliphatic heterocycles. The maximum atomic E-state index is 12.2. The maximum Gasteiger partial charge on any atom is 0.243 e. The van der Waals surface area contributed by atoms with Crippen molar-refractivity contribution in [2.75, 3.05) is 7.11 Å². The minimum absolute atomic E-state index is 0.0887. The van der Waals surface area contributed by atoms with E-state index in [9.17, 15) is 4.79 Å². The third kappa shape index (κ3) is 2.53. The summed E-state index contributed by atoms with van der Waals surface area (Å²) in [6.07, 6.45) is 3.30. The molecule has 0 radical (unpaired) electrons. The van der Waals surface area contributed by atoms with Crippen LogP contribution in [0.3, 0.4) is 0 Å². The first-order valence-electron chi connectivity index (χ1n) is 5.65. The van der Waals surface area contributed by atoms with E-state index >= 15 is 0 Å². The van der Waals surface area contributed by atoms with Crippen LogP contribution in [0.2, 0.25) is 0 Å². The van der Waals surface area contributed by atoms with Gasteiger partial charge >= 0.3 is 0 Å². The minimum atomic E-state index is -0.0887. The second kappa shape index (κ2) is 5.40. The molecule has 92 valence electrons. The van der Waals surface area contributed by atoms with Crippen molar-refractivity contribution in [1.29, 1.82) is 0 Å². The van der Waals surface area contributed by atoms with Crippen molar-refractivity contribution >= 4 is 5.78 Å². The maximum absolute atomic E-state index is 12.2. The summed E-state index contributed by atoms with van der Waals surface area (Å²) in [5, 5.41) is 0. The Morgan fingerprint density at radius 1 is 1.22 bits per heavy atom. The van der Waals surface area contributed by atoms with Crippen molar-refractivity contribution in [3.63, 3.8) is 0 Å². The fraction of sp³-hybridized carbons (Fsp3) is 0.214. The lowest BCUT2D eigenvalue weighted by atomic mass is 10.0. The molecule has 18 heavy (non-hydrogen) atoms. The van der Waals surface area contributed by atoms with Crippen molar-refractivity contribution < 1.29 is 9.53 Å². The lowest BCUT2D eigenvalue weighted by Crippen LogP contribution is -2.09. The fourth-order valence-electron chi connectivity index (χ4n) is 1.73. The van der Waals surface area contributed by atoms with Gasteiger partial charge in [-0.1, -0.05) is 24.3 Å². The molecule has 0 unspecified atom stereocenters. The van der Waals surface area contributed by atoms with Crippen LogP contribution in [0.1, 0.15) is 21.6 Å². The molecule has 0 saturated heterocycles. The van der Waals surface area contributed by atoms with Gasteiger partial charge in [-0.05, 0) is 18.1 Å². The van der Waals surface area contributed by atoms with Gasteiger partial charge in [-0.3, -0.25) is 4.79 Å². The van der Waals surface area contributed by atoms with E-state index in [1.54, 1.807) is 0 Å². The van der Waals surface area contributed by atoms with E-state index in [1.807, 2.05) is 31.2 Å². The number of nitrogens with zero attached hydrogens (tertiary/aromatic N) is 2. The number of benzene rings is 1. The highest BCUT2D eigenvalue weighted by atomic mass is 16.5. The smallest absolute Gasteiger partial charge is 0.243 e. The summed E-state index contributed by atoms with van der Waals surface area (Å²) >= 11 is 0. The van der Waals surface area contributed by atoms with Crippen LogP contribution in [0.15, 0.2) is 36.7 Å². The lowest BCUT2D eigenvalue weighted by molar-refractivity contribution is 0.0984. The van der Waals surface area contributed by atoms with Gasteiger partial charge in [0, 0.05) is 18.8 Å². The number of carbonyl (C=O) groups is 1. The number of carbonyl (C=O) groups excluding carboxylic acids is 1. The van der Waals surface area contributed by atoms with E-state index < -0.39 is 0 Å². The highest BCUT2D eigenvalue weighted by Gasteiger charge is 2.15. The Kier molecular flexibility index (Phi) is 3.67.